The number of likely N-dealkylation sites (tertiary alicyclic amines) is 1. The minimum Gasteiger partial charge on any atom is -0.463 e. The summed E-state index contributed by atoms with van der Waals surface area (Å²) in [6.45, 7) is 5.95. The second-order valence-corrected chi connectivity index (χ2v) is 6.27. The van der Waals surface area contributed by atoms with Gasteiger partial charge in [-0.2, -0.15) is 0 Å². The monoisotopic (exact) mass is 308 g/mol. The van der Waals surface area contributed by atoms with Gasteiger partial charge in [0.05, 0.1) is 6.54 Å². The number of hydrogen-bond donors (Lipinski definition) is 3. The van der Waals surface area contributed by atoms with Crippen molar-refractivity contribution in [1.29, 1.82) is 0 Å². The predicted molar refractivity (Wildman–Crippen MR) is 88.0 cm³/mol. The summed E-state index contributed by atoms with van der Waals surface area (Å²) in [5.41, 5.74) is -1.07. The molecule has 6 nitrogen and oxygen atoms in total. The highest BCUT2D eigenvalue weighted by Crippen LogP contribution is 2.21. The lowest BCUT2D eigenvalue weighted by molar-refractivity contribution is 0.0378. The van der Waals surface area contributed by atoms with E-state index in [-0.39, 0.29) is 0 Å². The van der Waals surface area contributed by atoms with Gasteiger partial charge in [0, 0.05) is 19.6 Å². The van der Waals surface area contributed by atoms with Gasteiger partial charge in [0.2, 0.25) is 0 Å². The van der Waals surface area contributed by atoms with Gasteiger partial charge in [-0.25, -0.2) is 0 Å². The van der Waals surface area contributed by atoms with Crippen LogP contribution < -0.4 is 10.6 Å². The summed E-state index contributed by atoms with van der Waals surface area (Å²) in [5, 5.41) is 17.0. The molecule has 1 fully saturated rings. The number of rotatable bonds is 5. The zero-order valence-corrected chi connectivity index (χ0v) is 14.0. The summed E-state index contributed by atoms with van der Waals surface area (Å²) in [6.07, 6.45) is 2.46. The Labute approximate surface area is 132 Å². The van der Waals surface area contributed by atoms with Crippen molar-refractivity contribution in [3.05, 3.63) is 23.7 Å². The first kappa shape index (κ1) is 16.8. The van der Waals surface area contributed by atoms with Gasteiger partial charge in [-0.15, -0.1) is 0 Å². The van der Waals surface area contributed by atoms with E-state index in [2.05, 4.69) is 27.6 Å². The van der Waals surface area contributed by atoms with E-state index in [1.807, 2.05) is 13.0 Å². The number of aryl methyl sites for hydroxylation is 1. The number of aliphatic imine (C=N–C) groups is 1. The fraction of sp³-hybridized carbons (Fsp3) is 0.688. The number of aliphatic hydroxyl groups is 1. The average molecular weight is 308 g/mol. The minimum absolute atomic E-state index is 0.333. The maximum Gasteiger partial charge on any atom is 0.191 e. The molecule has 1 aromatic rings. The first-order valence-corrected chi connectivity index (χ1v) is 7.86. The van der Waals surface area contributed by atoms with Gasteiger partial charge in [-0.05, 0) is 52.4 Å². The minimum atomic E-state index is -1.07. The Bertz CT molecular complexity index is 510. The summed E-state index contributed by atoms with van der Waals surface area (Å²) in [4.78, 5) is 6.57. The van der Waals surface area contributed by atoms with Crippen LogP contribution in [-0.2, 0) is 5.60 Å². The van der Waals surface area contributed by atoms with Crippen LogP contribution in [0.15, 0.2) is 21.5 Å². The van der Waals surface area contributed by atoms with Crippen LogP contribution in [0, 0.1) is 6.92 Å². The van der Waals surface area contributed by atoms with E-state index in [1.54, 1.807) is 20.0 Å². The molecule has 2 heterocycles. The molecule has 0 bridgehead atoms. The quantitative estimate of drug-likeness (QED) is 0.560. The highest BCUT2D eigenvalue weighted by molar-refractivity contribution is 5.79. The Morgan fingerprint density at radius 2 is 2.27 bits per heavy atom. The fourth-order valence-corrected chi connectivity index (χ4v) is 2.74. The maximum absolute atomic E-state index is 10.5. The Kier molecular flexibility index (Phi) is 5.47. The molecule has 0 aliphatic carbocycles. The molecular weight excluding hydrogens is 280 g/mol. The molecule has 0 aromatic carbocycles. The van der Waals surface area contributed by atoms with Crippen LogP contribution >= 0.6 is 0 Å². The second-order valence-electron chi connectivity index (χ2n) is 6.27. The molecule has 2 unspecified atom stereocenters. The van der Waals surface area contributed by atoms with E-state index in [0.29, 0.717) is 24.3 Å². The summed E-state index contributed by atoms with van der Waals surface area (Å²) in [6, 6.07) is 4.21. The van der Waals surface area contributed by atoms with Crippen LogP contribution in [0.2, 0.25) is 0 Å². The third kappa shape index (κ3) is 4.24. The summed E-state index contributed by atoms with van der Waals surface area (Å²) in [5.74, 6) is 2.05. The lowest BCUT2D eigenvalue weighted by atomic mass is 10.0. The van der Waals surface area contributed by atoms with Gasteiger partial charge >= 0.3 is 0 Å². The van der Waals surface area contributed by atoms with Crippen LogP contribution in [0.1, 0.15) is 31.3 Å². The third-order valence-electron chi connectivity index (χ3n) is 4.27. The first-order valence-electron chi connectivity index (χ1n) is 7.86. The lowest BCUT2D eigenvalue weighted by Crippen LogP contribution is -2.47. The van der Waals surface area contributed by atoms with Crippen molar-refractivity contribution in [1.82, 2.24) is 15.5 Å². The standard InChI is InChI=1S/C16H28N4O2/c1-12-7-8-14(22-12)16(2,21)11-19-15(17-3)18-10-13-6-5-9-20(13)4/h7-8,13,21H,5-6,9-11H2,1-4H3,(H2,17,18,19). The van der Waals surface area contributed by atoms with Crippen molar-refractivity contribution in [3.8, 4) is 0 Å². The van der Waals surface area contributed by atoms with Crippen molar-refractivity contribution >= 4 is 5.96 Å². The summed E-state index contributed by atoms with van der Waals surface area (Å²) >= 11 is 0. The molecule has 3 N–H and O–H groups in total. The molecular formula is C16H28N4O2. The molecule has 1 aromatic heterocycles. The lowest BCUT2D eigenvalue weighted by Gasteiger charge is -2.24. The van der Waals surface area contributed by atoms with Crippen LogP contribution in [0.3, 0.4) is 0 Å². The van der Waals surface area contributed by atoms with E-state index in [9.17, 15) is 5.11 Å². The van der Waals surface area contributed by atoms with E-state index in [1.165, 1.54) is 12.8 Å². The van der Waals surface area contributed by atoms with E-state index < -0.39 is 5.60 Å². The molecule has 6 heteroatoms. The summed E-state index contributed by atoms with van der Waals surface area (Å²) < 4.78 is 5.51. The molecule has 2 atom stereocenters. The molecule has 2 rings (SSSR count). The highest BCUT2D eigenvalue weighted by Gasteiger charge is 2.27. The number of nitrogens with zero attached hydrogens (tertiary/aromatic N) is 2. The second kappa shape index (κ2) is 7.15. The number of nitrogens with one attached hydrogen (secondary N) is 2. The van der Waals surface area contributed by atoms with Gasteiger partial charge in [0.15, 0.2) is 5.96 Å². The fourth-order valence-electron chi connectivity index (χ4n) is 2.74. The number of hydrogen-bond acceptors (Lipinski definition) is 4. The van der Waals surface area contributed by atoms with Gasteiger partial charge in [-0.3, -0.25) is 4.99 Å². The Hall–Kier alpha value is -1.53. The number of guanidine groups is 1. The van der Waals surface area contributed by atoms with E-state index in [4.69, 9.17) is 4.42 Å². The summed E-state index contributed by atoms with van der Waals surface area (Å²) in [7, 11) is 3.89. The highest BCUT2D eigenvalue weighted by atomic mass is 16.4. The first-order chi connectivity index (χ1) is 10.4. The SMILES string of the molecule is CN=C(NCC1CCCN1C)NCC(C)(O)c1ccc(C)o1. The topological polar surface area (TPSA) is 73.0 Å². The number of likely N-dealkylation sites (N-methyl/N-ethyl adjacent to an activating group) is 1. The van der Waals surface area contributed by atoms with Gasteiger partial charge in [0.25, 0.3) is 0 Å². The van der Waals surface area contributed by atoms with Crippen molar-refractivity contribution in [2.24, 2.45) is 4.99 Å². The smallest absolute Gasteiger partial charge is 0.191 e. The zero-order chi connectivity index (χ0) is 16.2. The van der Waals surface area contributed by atoms with Crippen LogP contribution in [0.5, 0.6) is 0 Å². The predicted octanol–water partition coefficient (Wildman–Crippen LogP) is 1.05. The Morgan fingerprint density at radius 1 is 1.50 bits per heavy atom. The molecule has 1 saturated heterocycles. The molecule has 0 spiro atoms. The van der Waals surface area contributed by atoms with Gasteiger partial charge in [0.1, 0.15) is 17.1 Å². The van der Waals surface area contributed by atoms with E-state index in [0.717, 1.165) is 18.8 Å². The van der Waals surface area contributed by atoms with Crippen molar-refractivity contribution in [2.75, 3.05) is 33.7 Å². The van der Waals surface area contributed by atoms with Crippen molar-refractivity contribution in [2.45, 2.75) is 38.3 Å². The largest absolute Gasteiger partial charge is 0.463 e. The molecule has 0 radical (unpaired) electrons. The van der Waals surface area contributed by atoms with Crippen molar-refractivity contribution in [3.63, 3.8) is 0 Å². The molecule has 0 saturated carbocycles. The van der Waals surface area contributed by atoms with Gasteiger partial charge < -0.3 is 25.1 Å². The van der Waals surface area contributed by atoms with Crippen LogP contribution in [0.4, 0.5) is 0 Å². The van der Waals surface area contributed by atoms with Crippen LogP contribution in [-0.4, -0.2) is 55.7 Å². The normalized spacial score (nSPS) is 22.6. The third-order valence-corrected chi connectivity index (χ3v) is 4.27. The molecule has 1 aliphatic heterocycles. The van der Waals surface area contributed by atoms with E-state index >= 15 is 0 Å². The maximum atomic E-state index is 10.5. The Balaban J connectivity index is 1.83. The van der Waals surface area contributed by atoms with Gasteiger partial charge in [-0.1, -0.05) is 0 Å². The number of furan rings is 1. The molecule has 1 aliphatic rings. The van der Waals surface area contributed by atoms with Crippen molar-refractivity contribution < 1.29 is 9.52 Å². The molecule has 124 valence electrons. The average Bonchev–Trinajstić information content (AvgIpc) is 3.08. The zero-order valence-electron chi connectivity index (χ0n) is 14.0. The molecule has 22 heavy (non-hydrogen) atoms. The molecule has 0 amide bonds. The Morgan fingerprint density at radius 3 is 2.82 bits per heavy atom. The van der Waals surface area contributed by atoms with Crippen LogP contribution in [0.25, 0.3) is 0 Å².